The molecule has 8 heteroatoms. The minimum atomic E-state index is -1.35. The number of hydrogen-bond acceptors (Lipinski definition) is 7. The van der Waals surface area contributed by atoms with Gasteiger partial charge in [0.25, 0.3) is 0 Å². The third-order valence-electron chi connectivity index (χ3n) is 4.59. The Labute approximate surface area is 162 Å². The van der Waals surface area contributed by atoms with Crippen molar-refractivity contribution in [2.75, 3.05) is 14.2 Å². The normalized spacial score (nSPS) is 11.9. The molecule has 0 aliphatic heterocycles. The third-order valence-corrected chi connectivity index (χ3v) is 4.59. The number of ether oxygens (including phenoxy) is 2. The fourth-order valence-electron chi connectivity index (χ4n) is 2.98. The van der Waals surface area contributed by atoms with Crippen LogP contribution in [-0.2, 0) is 16.0 Å². The summed E-state index contributed by atoms with van der Waals surface area (Å²) in [4.78, 5) is 35.9. The van der Waals surface area contributed by atoms with Crippen LogP contribution in [0.3, 0.4) is 0 Å². The number of nitrogens with one attached hydrogen (secondary N) is 1. The van der Waals surface area contributed by atoms with Crippen LogP contribution in [0, 0.1) is 6.92 Å². The molecule has 8 nitrogen and oxygen atoms in total. The molecule has 1 aromatic carbocycles. The Balaban J connectivity index is 2.35. The fraction of sp³-hybridized carbons (Fsp3) is 0.450. The van der Waals surface area contributed by atoms with Gasteiger partial charge < -0.3 is 29.1 Å². The van der Waals surface area contributed by atoms with E-state index in [0.29, 0.717) is 34.5 Å². The Morgan fingerprint density at radius 1 is 1.21 bits per heavy atom. The van der Waals surface area contributed by atoms with E-state index in [1.54, 1.807) is 19.1 Å². The lowest BCUT2D eigenvalue weighted by Gasteiger charge is -2.19. The van der Waals surface area contributed by atoms with Crippen LogP contribution in [0.4, 0.5) is 0 Å². The lowest BCUT2D eigenvalue weighted by Crippen LogP contribution is -2.48. The Hall–Kier alpha value is -3.03. The molecule has 1 amide bonds. The largest absolute Gasteiger partial charge is 0.548 e. The van der Waals surface area contributed by atoms with Crippen LogP contribution >= 0.6 is 0 Å². The summed E-state index contributed by atoms with van der Waals surface area (Å²) in [5.41, 5.74) is 0.358. The highest BCUT2D eigenvalue weighted by atomic mass is 16.5. The zero-order valence-electron chi connectivity index (χ0n) is 16.4. The number of aliphatic carboxylic acids is 1. The van der Waals surface area contributed by atoms with E-state index < -0.39 is 23.5 Å². The summed E-state index contributed by atoms with van der Waals surface area (Å²) in [6.07, 6.45) is 1.40. The number of rotatable bonds is 9. The number of hydrogen-bond donors (Lipinski definition) is 1. The van der Waals surface area contributed by atoms with Crippen molar-refractivity contribution in [1.29, 1.82) is 0 Å². The number of benzene rings is 1. The van der Waals surface area contributed by atoms with Crippen molar-refractivity contribution in [2.24, 2.45) is 0 Å². The number of aryl methyl sites for hydroxylation is 1. The summed E-state index contributed by atoms with van der Waals surface area (Å²) in [5, 5.41) is 14.2. The number of carbonyl (C=O) groups excluding carboxylic acids is 2. The van der Waals surface area contributed by atoms with Crippen molar-refractivity contribution >= 4 is 22.8 Å². The monoisotopic (exact) mass is 390 g/mol. The van der Waals surface area contributed by atoms with E-state index in [1.807, 2.05) is 6.92 Å². The van der Waals surface area contributed by atoms with E-state index in [9.17, 15) is 19.5 Å². The predicted octanol–water partition coefficient (Wildman–Crippen LogP) is 1.09. The maximum absolute atomic E-state index is 12.4. The number of fused-ring (bicyclic) bond motifs is 1. The summed E-state index contributed by atoms with van der Waals surface area (Å²) < 4.78 is 15.8. The van der Waals surface area contributed by atoms with E-state index in [0.717, 1.165) is 6.42 Å². The molecule has 2 aromatic rings. The molecule has 0 fully saturated rings. The van der Waals surface area contributed by atoms with Crippen molar-refractivity contribution in [3.63, 3.8) is 0 Å². The minimum Gasteiger partial charge on any atom is -0.548 e. The number of unbranched alkanes of at least 4 members (excludes halogenated alkanes) is 1. The van der Waals surface area contributed by atoms with E-state index in [2.05, 4.69) is 5.32 Å². The lowest BCUT2D eigenvalue weighted by atomic mass is 10.0. The molecular weight excluding hydrogens is 366 g/mol. The average molecular weight is 390 g/mol. The summed E-state index contributed by atoms with van der Waals surface area (Å²) in [6, 6.07) is 2.12. The quantitative estimate of drug-likeness (QED) is 0.637. The van der Waals surface area contributed by atoms with Gasteiger partial charge in [-0.25, -0.2) is 4.79 Å². The molecule has 1 atom stereocenters. The SMILES string of the molecule is CCCC[C@@H](NC(=O)Cc1c(C)c2cc(OC)c(OC)cc2oc1=O)C(=O)[O-]. The fourth-order valence-corrected chi connectivity index (χ4v) is 2.98. The van der Waals surface area contributed by atoms with Crippen LogP contribution in [0.25, 0.3) is 11.0 Å². The van der Waals surface area contributed by atoms with Gasteiger partial charge in [-0.2, -0.15) is 0 Å². The third kappa shape index (κ3) is 4.62. The van der Waals surface area contributed by atoms with E-state index in [4.69, 9.17) is 13.9 Å². The molecule has 0 saturated carbocycles. The van der Waals surface area contributed by atoms with E-state index in [-0.39, 0.29) is 18.4 Å². The van der Waals surface area contributed by atoms with Gasteiger partial charge in [0.15, 0.2) is 11.5 Å². The summed E-state index contributed by atoms with van der Waals surface area (Å²) in [6.45, 7) is 3.61. The second-order valence-electron chi connectivity index (χ2n) is 6.45. The predicted molar refractivity (Wildman–Crippen MR) is 100 cm³/mol. The van der Waals surface area contributed by atoms with Crippen molar-refractivity contribution in [1.82, 2.24) is 5.32 Å². The van der Waals surface area contributed by atoms with Gasteiger partial charge >= 0.3 is 5.63 Å². The Bertz CT molecular complexity index is 932. The number of carbonyl (C=O) groups is 2. The maximum Gasteiger partial charge on any atom is 0.340 e. The van der Waals surface area contributed by atoms with Crippen molar-refractivity contribution in [2.45, 2.75) is 45.6 Å². The highest BCUT2D eigenvalue weighted by Gasteiger charge is 2.19. The molecule has 0 unspecified atom stereocenters. The molecule has 2 rings (SSSR count). The molecule has 28 heavy (non-hydrogen) atoms. The average Bonchev–Trinajstić information content (AvgIpc) is 2.67. The van der Waals surface area contributed by atoms with Gasteiger partial charge in [0.2, 0.25) is 5.91 Å². The summed E-state index contributed by atoms with van der Waals surface area (Å²) in [7, 11) is 2.96. The van der Waals surface area contributed by atoms with Crippen molar-refractivity contribution in [3.8, 4) is 11.5 Å². The van der Waals surface area contributed by atoms with Crippen LogP contribution in [0.2, 0.25) is 0 Å². The van der Waals surface area contributed by atoms with Gasteiger partial charge in [0.1, 0.15) is 5.58 Å². The van der Waals surface area contributed by atoms with Gasteiger partial charge in [0, 0.05) is 11.5 Å². The summed E-state index contributed by atoms with van der Waals surface area (Å²) >= 11 is 0. The number of carboxylic acids is 1. The molecule has 0 saturated heterocycles. The molecule has 0 bridgehead atoms. The van der Waals surface area contributed by atoms with Crippen molar-refractivity contribution in [3.05, 3.63) is 33.7 Å². The molecule has 1 heterocycles. The van der Waals surface area contributed by atoms with Gasteiger partial charge in [0.05, 0.1) is 38.2 Å². The smallest absolute Gasteiger partial charge is 0.340 e. The van der Waals surface area contributed by atoms with Gasteiger partial charge in [-0.3, -0.25) is 4.79 Å². The first-order valence-electron chi connectivity index (χ1n) is 9.00. The van der Waals surface area contributed by atoms with Gasteiger partial charge in [-0.15, -0.1) is 0 Å². The van der Waals surface area contributed by atoms with Crippen LogP contribution in [0.5, 0.6) is 11.5 Å². The van der Waals surface area contributed by atoms with E-state index >= 15 is 0 Å². The second kappa shape index (κ2) is 9.25. The van der Waals surface area contributed by atoms with Crippen LogP contribution < -0.4 is 25.5 Å². The molecule has 0 radical (unpaired) electrons. The number of methoxy groups -OCH3 is 2. The standard InChI is InChI=1S/C20H25NO7/c1-5-6-7-14(19(23)24)21-18(22)9-13-11(2)12-8-16(26-3)17(27-4)10-15(12)28-20(13)25/h8,10,14H,5-7,9H2,1-4H3,(H,21,22)(H,23,24)/p-1/t14-/m1/s1. The van der Waals surface area contributed by atoms with Gasteiger partial charge in [-0.1, -0.05) is 19.8 Å². The highest BCUT2D eigenvalue weighted by Crippen LogP contribution is 2.33. The zero-order valence-corrected chi connectivity index (χ0v) is 16.4. The Kier molecular flexibility index (Phi) is 7.03. The van der Waals surface area contributed by atoms with Gasteiger partial charge in [-0.05, 0) is 25.0 Å². The topological polar surface area (TPSA) is 118 Å². The van der Waals surface area contributed by atoms with Crippen LogP contribution in [0.15, 0.2) is 21.3 Å². The van der Waals surface area contributed by atoms with Crippen LogP contribution in [-0.4, -0.2) is 32.1 Å². The highest BCUT2D eigenvalue weighted by molar-refractivity contribution is 5.88. The molecule has 1 aromatic heterocycles. The van der Waals surface area contributed by atoms with Crippen molar-refractivity contribution < 1.29 is 28.6 Å². The molecule has 0 aliphatic carbocycles. The zero-order chi connectivity index (χ0) is 20.8. The molecule has 0 aliphatic rings. The lowest BCUT2D eigenvalue weighted by molar-refractivity contribution is -0.308. The molecular formula is C20H24NO7-. The molecule has 152 valence electrons. The van der Waals surface area contributed by atoms with E-state index in [1.165, 1.54) is 14.2 Å². The first kappa shape index (κ1) is 21.3. The second-order valence-corrected chi connectivity index (χ2v) is 6.45. The summed E-state index contributed by atoms with van der Waals surface area (Å²) in [5.74, 6) is -1.06. The molecule has 0 spiro atoms. The first-order valence-corrected chi connectivity index (χ1v) is 9.00. The Morgan fingerprint density at radius 2 is 1.86 bits per heavy atom. The molecule has 1 N–H and O–H groups in total. The minimum absolute atomic E-state index is 0.157. The number of carboxylic acid groups (broad SMARTS) is 1. The first-order chi connectivity index (χ1) is 13.3. The number of amides is 1. The van der Waals surface area contributed by atoms with Crippen LogP contribution in [0.1, 0.15) is 37.3 Å². The maximum atomic E-state index is 12.4. The Morgan fingerprint density at radius 3 is 2.43 bits per heavy atom.